The number of ketones is 1. The van der Waals surface area contributed by atoms with Crippen LogP contribution in [0.25, 0.3) is 0 Å². The maximum Gasteiger partial charge on any atom is 0.270 e. The molecule has 1 N–H and O–H groups in total. The van der Waals surface area contributed by atoms with Crippen LogP contribution in [0.5, 0.6) is 0 Å². The lowest BCUT2D eigenvalue weighted by molar-refractivity contribution is -0.123. The van der Waals surface area contributed by atoms with Crippen molar-refractivity contribution in [2.45, 2.75) is 19.4 Å². The van der Waals surface area contributed by atoms with E-state index in [1.807, 2.05) is 6.92 Å². The number of hydrogen-bond acceptors (Lipinski definition) is 4. The number of Topliss-reactive ketones (excluding diaryl/α,β-unsaturated/α-hetero) is 1. The summed E-state index contributed by atoms with van der Waals surface area (Å²) in [5.41, 5.74) is 0.346. The van der Waals surface area contributed by atoms with E-state index in [1.165, 1.54) is 0 Å². The maximum absolute atomic E-state index is 11.9. The minimum atomic E-state index is -0.409. The number of rotatable bonds is 3. The number of hydrogen-bond donors (Lipinski definition) is 1. The quantitative estimate of drug-likeness (QED) is 0.843. The molecule has 1 atom stereocenters. The van der Waals surface area contributed by atoms with E-state index in [0.717, 1.165) is 13.1 Å². The highest BCUT2D eigenvalue weighted by atomic mass is 16.2. The average molecular weight is 247 g/mol. The van der Waals surface area contributed by atoms with Gasteiger partial charge in [0.1, 0.15) is 11.7 Å². The third-order valence-electron chi connectivity index (χ3n) is 3.15. The molecule has 0 spiro atoms. The molecule has 2 rings (SSSR count). The molecule has 1 aromatic rings. The summed E-state index contributed by atoms with van der Waals surface area (Å²) >= 11 is 0. The summed E-state index contributed by atoms with van der Waals surface area (Å²) in [6.45, 7) is 4.32. The lowest BCUT2D eigenvalue weighted by Crippen LogP contribution is -2.53. The fraction of sp³-hybridized carbons (Fsp3) is 0.462. The number of piperidine rings is 1. The van der Waals surface area contributed by atoms with Gasteiger partial charge in [-0.1, -0.05) is 13.0 Å². The molecule has 1 amide bonds. The molecular formula is C13H17N3O2. The molecule has 0 radical (unpaired) electrons. The van der Waals surface area contributed by atoms with Crippen molar-refractivity contribution in [1.29, 1.82) is 0 Å². The first-order chi connectivity index (χ1) is 8.70. The van der Waals surface area contributed by atoms with E-state index >= 15 is 0 Å². The second-order valence-corrected chi connectivity index (χ2v) is 4.35. The molecule has 1 saturated heterocycles. The molecule has 0 saturated carbocycles. The number of pyridine rings is 1. The van der Waals surface area contributed by atoms with Gasteiger partial charge in [-0.15, -0.1) is 0 Å². The highest BCUT2D eigenvalue weighted by Gasteiger charge is 2.27. The molecule has 1 aliphatic rings. The number of nitrogens with zero attached hydrogens (tertiary/aromatic N) is 2. The monoisotopic (exact) mass is 247 g/mol. The molecular weight excluding hydrogens is 230 g/mol. The van der Waals surface area contributed by atoms with Crippen molar-refractivity contribution in [3.8, 4) is 0 Å². The first kappa shape index (κ1) is 12.7. The first-order valence-corrected chi connectivity index (χ1v) is 6.17. The zero-order chi connectivity index (χ0) is 13.0. The first-order valence-electron chi connectivity index (χ1n) is 6.17. The molecule has 0 bridgehead atoms. The Bertz CT molecular complexity index is 433. The standard InChI is InChI=1S/C13H17N3O2/c1-2-16-8-6-12(17)11(9-16)15-13(18)10-5-3-4-7-14-10/h3-5,7,11H,2,6,8-9H2,1H3,(H,15,18). The third kappa shape index (κ3) is 2.92. The van der Waals surface area contributed by atoms with Crippen LogP contribution < -0.4 is 5.32 Å². The Balaban J connectivity index is 2.00. The van der Waals surface area contributed by atoms with Crippen molar-refractivity contribution in [2.75, 3.05) is 19.6 Å². The number of carbonyl (C=O) groups is 2. The zero-order valence-corrected chi connectivity index (χ0v) is 10.4. The van der Waals surface area contributed by atoms with Crippen LogP contribution in [-0.4, -0.2) is 47.3 Å². The minimum absolute atomic E-state index is 0.101. The summed E-state index contributed by atoms with van der Waals surface area (Å²) in [6, 6.07) is 4.73. The Morgan fingerprint density at radius 2 is 2.39 bits per heavy atom. The molecule has 1 fully saturated rings. The van der Waals surface area contributed by atoms with Gasteiger partial charge < -0.3 is 10.2 Å². The number of likely N-dealkylation sites (tertiary alicyclic amines) is 1. The predicted octanol–water partition coefficient (Wildman–Crippen LogP) is 0.475. The molecule has 1 aromatic heterocycles. The molecule has 5 nitrogen and oxygen atoms in total. The number of aromatic nitrogens is 1. The highest BCUT2D eigenvalue weighted by molar-refractivity contribution is 5.96. The second-order valence-electron chi connectivity index (χ2n) is 4.35. The third-order valence-corrected chi connectivity index (χ3v) is 3.15. The molecule has 1 aliphatic heterocycles. The van der Waals surface area contributed by atoms with Crippen LogP contribution in [0.15, 0.2) is 24.4 Å². The minimum Gasteiger partial charge on any atom is -0.340 e. The SMILES string of the molecule is CCN1CCC(=O)C(NC(=O)c2ccccn2)C1. The van der Waals surface area contributed by atoms with E-state index in [-0.39, 0.29) is 11.7 Å². The Labute approximate surface area is 106 Å². The Hall–Kier alpha value is -1.75. The summed E-state index contributed by atoms with van der Waals surface area (Å²) < 4.78 is 0. The molecule has 96 valence electrons. The van der Waals surface area contributed by atoms with Crippen LogP contribution in [0.1, 0.15) is 23.8 Å². The van der Waals surface area contributed by atoms with Crippen molar-refractivity contribution in [3.63, 3.8) is 0 Å². The van der Waals surface area contributed by atoms with Gasteiger partial charge in [0.25, 0.3) is 5.91 Å². The van der Waals surface area contributed by atoms with Crippen LogP contribution in [0.3, 0.4) is 0 Å². The van der Waals surface area contributed by atoms with Gasteiger partial charge in [-0.05, 0) is 18.7 Å². The highest BCUT2D eigenvalue weighted by Crippen LogP contribution is 2.07. The Morgan fingerprint density at radius 1 is 1.56 bits per heavy atom. The average Bonchev–Trinajstić information content (AvgIpc) is 2.42. The van der Waals surface area contributed by atoms with Crippen molar-refractivity contribution in [3.05, 3.63) is 30.1 Å². The molecule has 1 unspecified atom stereocenters. The second kappa shape index (κ2) is 5.73. The fourth-order valence-corrected chi connectivity index (χ4v) is 2.04. The summed E-state index contributed by atoms with van der Waals surface area (Å²) in [5.74, 6) is -0.184. The number of likely N-dealkylation sites (N-methyl/N-ethyl adjacent to an activating group) is 1. The van der Waals surface area contributed by atoms with Crippen LogP contribution in [0.2, 0.25) is 0 Å². The van der Waals surface area contributed by atoms with E-state index in [1.54, 1.807) is 24.4 Å². The van der Waals surface area contributed by atoms with Gasteiger partial charge in [0.2, 0.25) is 0 Å². The normalized spacial score (nSPS) is 20.7. The topological polar surface area (TPSA) is 62.3 Å². The Morgan fingerprint density at radius 3 is 3.06 bits per heavy atom. The van der Waals surface area contributed by atoms with E-state index in [2.05, 4.69) is 15.2 Å². The largest absolute Gasteiger partial charge is 0.340 e. The molecule has 5 heteroatoms. The van der Waals surface area contributed by atoms with Crippen molar-refractivity contribution >= 4 is 11.7 Å². The fourth-order valence-electron chi connectivity index (χ4n) is 2.04. The summed E-state index contributed by atoms with van der Waals surface area (Å²) in [4.78, 5) is 29.8. The summed E-state index contributed by atoms with van der Waals surface area (Å²) in [6.07, 6.45) is 2.07. The van der Waals surface area contributed by atoms with Gasteiger partial charge in [-0.2, -0.15) is 0 Å². The number of nitrogens with one attached hydrogen (secondary N) is 1. The molecule has 0 aromatic carbocycles. The van der Waals surface area contributed by atoms with Crippen LogP contribution >= 0.6 is 0 Å². The number of carbonyl (C=O) groups excluding carboxylic acids is 2. The lowest BCUT2D eigenvalue weighted by atomic mass is 10.0. The summed E-state index contributed by atoms with van der Waals surface area (Å²) in [5, 5.41) is 2.76. The van der Waals surface area contributed by atoms with Gasteiger partial charge in [-0.3, -0.25) is 14.6 Å². The molecule has 0 aliphatic carbocycles. The van der Waals surface area contributed by atoms with E-state index < -0.39 is 6.04 Å². The lowest BCUT2D eigenvalue weighted by Gasteiger charge is -2.31. The number of amides is 1. The van der Waals surface area contributed by atoms with Crippen LogP contribution in [-0.2, 0) is 4.79 Å². The van der Waals surface area contributed by atoms with E-state index in [9.17, 15) is 9.59 Å². The molecule has 18 heavy (non-hydrogen) atoms. The van der Waals surface area contributed by atoms with Gasteiger partial charge >= 0.3 is 0 Å². The Kier molecular flexibility index (Phi) is 4.04. The smallest absolute Gasteiger partial charge is 0.270 e. The van der Waals surface area contributed by atoms with Crippen molar-refractivity contribution < 1.29 is 9.59 Å². The van der Waals surface area contributed by atoms with Crippen LogP contribution in [0, 0.1) is 0 Å². The predicted molar refractivity (Wildman–Crippen MR) is 67.2 cm³/mol. The van der Waals surface area contributed by atoms with Crippen molar-refractivity contribution in [2.24, 2.45) is 0 Å². The summed E-state index contributed by atoms with van der Waals surface area (Å²) in [7, 11) is 0. The van der Waals surface area contributed by atoms with Gasteiger partial charge in [-0.25, -0.2) is 0 Å². The zero-order valence-electron chi connectivity index (χ0n) is 10.4. The maximum atomic E-state index is 11.9. The van der Waals surface area contributed by atoms with Gasteiger partial charge in [0.15, 0.2) is 5.78 Å². The van der Waals surface area contributed by atoms with E-state index in [0.29, 0.717) is 18.7 Å². The van der Waals surface area contributed by atoms with Crippen LogP contribution in [0.4, 0.5) is 0 Å². The van der Waals surface area contributed by atoms with Gasteiger partial charge in [0, 0.05) is 25.7 Å². The van der Waals surface area contributed by atoms with Crippen molar-refractivity contribution in [1.82, 2.24) is 15.2 Å². The van der Waals surface area contributed by atoms with Gasteiger partial charge in [0.05, 0.1) is 0 Å². The molecule has 2 heterocycles. The van der Waals surface area contributed by atoms with E-state index in [4.69, 9.17) is 0 Å².